The van der Waals surface area contributed by atoms with Crippen LogP contribution in [0.1, 0.15) is 27.2 Å². The smallest absolute Gasteiger partial charge is 0.411 e. The molecule has 2 unspecified atom stereocenters. The molecule has 1 rings (SSSR count). The van der Waals surface area contributed by atoms with Crippen molar-refractivity contribution in [3.8, 4) is 0 Å². The number of esters is 1. The Kier molecular flexibility index (Phi) is 5.16. The monoisotopic (exact) mass is 285 g/mol. The minimum absolute atomic E-state index is 0.0488. The predicted molar refractivity (Wildman–Crippen MR) is 73.1 cm³/mol. The molecule has 0 aromatic heterocycles. The van der Waals surface area contributed by atoms with E-state index in [1.54, 1.807) is 26.8 Å². The van der Waals surface area contributed by atoms with Crippen molar-refractivity contribution in [2.24, 2.45) is 5.92 Å². The molecule has 1 aliphatic heterocycles. The molecule has 0 aromatic carbocycles. The van der Waals surface area contributed by atoms with E-state index in [9.17, 15) is 14.7 Å². The highest BCUT2D eigenvalue weighted by Crippen LogP contribution is 2.30. The molecule has 1 heterocycles. The number of aliphatic hydroxyl groups is 1. The van der Waals surface area contributed by atoms with Gasteiger partial charge in [-0.2, -0.15) is 0 Å². The minimum Gasteiger partial charge on any atom is -0.467 e. The van der Waals surface area contributed by atoms with Crippen molar-refractivity contribution in [3.63, 3.8) is 0 Å². The van der Waals surface area contributed by atoms with Gasteiger partial charge in [0.05, 0.1) is 19.8 Å². The van der Waals surface area contributed by atoms with E-state index in [2.05, 4.69) is 6.58 Å². The first-order chi connectivity index (χ1) is 9.21. The number of hydrogen-bond acceptors (Lipinski definition) is 5. The third-order valence-electron chi connectivity index (χ3n) is 3.13. The number of rotatable bonds is 3. The summed E-state index contributed by atoms with van der Waals surface area (Å²) in [4.78, 5) is 25.3. The summed E-state index contributed by atoms with van der Waals surface area (Å²) in [5.74, 6) is -0.980. The Morgan fingerprint density at radius 1 is 1.45 bits per heavy atom. The van der Waals surface area contributed by atoms with Gasteiger partial charge in [0.15, 0.2) is 0 Å². The first kappa shape index (κ1) is 16.5. The van der Waals surface area contributed by atoms with Crippen LogP contribution in [-0.4, -0.2) is 53.5 Å². The summed E-state index contributed by atoms with van der Waals surface area (Å²) >= 11 is 0. The maximum absolute atomic E-state index is 12.1. The van der Waals surface area contributed by atoms with Crippen LogP contribution in [-0.2, 0) is 14.3 Å². The number of hydrogen-bond donors (Lipinski definition) is 1. The number of ether oxygens (including phenoxy) is 2. The van der Waals surface area contributed by atoms with Gasteiger partial charge in [0.1, 0.15) is 11.6 Å². The van der Waals surface area contributed by atoms with E-state index in [1.807, 2.05) is 0 Å². The number of methoxy groups -OCH3 is 1. The molecule has 1 saturated heterocycles. The number of β-amino-alcohol motifs (C(OH)–C–C–N with tert-alkyl or cyclic N) is 1. The number of nitrogens with zero attached hydrogens (tertiary/aromatic N) is 1. The SMILES string of the molecule is C=CCC1C(O)CN(C(=O)OC(C)(C)C)[C@H]1C(=O)OC. The van der Waals surface area contributed by atoms with E-state index in [-0.39, 0.29) is 6.54 Å². The number of amides is 1. The Labute approximate surface area is 119 Å². The highest BCUT2D eigenvalue weighted by atomic mass is 16.6. The molecular weight excluding hydrogens is 262 g/mol. The third kappa shape index (κ3) is 3.72. The van der Waals surface area contributed by atoms with Crippen molar-refractivity contribution in [2.45, 2.75) is 44.9 Å². The van der Waals surface area contributed by atoms with Crippen LogP contribution in [0.4, 0.5) is 4.79 Å². The van der Waals surface area contributed by atoms with Crippen molar-refractivity contribution in [2.75, 3.05) is 13.7 Å². The molecule has 0 radical (unpaired) electrons. The second-order valence-electron chi connectivity index (χ2n) is 5.86. The third-order valence-corrected chi connectivity index (χ3v) is 3.13. The lowest BCUT2D eigenvalue weighted by molar-refractivity contribution is -0.147. The van der Waals surface area contributed by atoms with Crippen molar-refractivity contribution < 1.29 is 24.2 Å². The van der Waals surface area contributed by atoms with Crippen LogP contribution in [0.2, 0.25) is 0 Å². The largest absolute Gasteiger partial charge is 0.467 e. The van der Waals surface area contributed by atoms with Crippen LogP contribution in [0.25, 0.3) is 0 Å². The van der Waals surface area contributed by atoms with Gasteiger partial charge >= 0.3 is 12.1 Å². The fraction of sp³-hybridized carbons (Fsp3) is 0.714. The fourth-order valence-corrected chi connectivity index (χ4v) is 2.30. The molecule has 6 heteroatoms. The first-order valence-corrected chi connectivity index (χ1v) is 6.57. The molecule has 1 N–H and O–H groups in total. The Morgan fingerprint density at radius 2 is 2.05 bits per heavy atom. The van der Waals surface area contributed by atoms with E-state index in [0.717, 1.165) is 0 Å². The molecule has 1 aliphatic rings. The zero-order chi connectivity index (χ0) is 15.5. The average molecular weight is 285 g/mol. The predicted octanol–water partition coefficient (Wildman–Crippen LogP) is 1.33. The Balaban J connectivity index is 2.96. The molecule has 1 fully saturated rings. The van der Waals surface area contributed by atoms with Crippen LogP contribution >= 0.6 is 0 Å². The highest BCUT2D eigenvalue weighted by Gasteiger charge is 2.48. The summed E-state index contributed by atoms with van der Waals surface area (Å²) < 4.78 is 10.00. The Morgan fingerprint density at radius 3 is 2.50 bits per heavy atom. The normalized spacial score (nSPS) is 26.2. The summed E-state index contributed by atoms with van der Waals surface area (Å²) in [5.41, 5.74) is -0.667. The summed E-state index contributed by atoms with van der Waals surface area (Å²) in [5, 5.41) is 10.0. The van der Waals surface area contributed by atoms with Crippen LogP contribution in [0.5, 0.6) is 0 Å². The van der Waals surface area contributed by atoms with Crippen LogP contribution < -0.4 is 0 Å². The van der Waals surface area contributed by atoms with Crippen LogP contribution in [0.15, 0.2) is 12.7 Å². The fourth-order valence-electron chi connectivity index (χ4n) is 2.30. The van der Waals surface area contributed by atoms with E-state index >= 15 is 0 Å². The van der Waals surface area contributed by atoms with Crippen molar-refractivity contribution in [3.05, 3.63) is 12.7 Å². The Hall–Kier alpha value is -1.56. The lowest BCUT2D eigenvalue weighted by Gasteiger charge is -2.28. The van der Waals surface area contributed by atoms with Gasteiger partial charge in [-0.3, -0.25) is 4.90 Å². The van der Waals surface area contributed by atoms with E-state index in [0.29, 0.717) is 6.42 Å². The number of allylic oxidation sites excluding steroid dienone is 1. The Bertz CT molecular complexity index is 388. The summed E-state index contributed by atoms with van der Waals surface area (Å²) in [6.07, 6.45) is 0.603. The molecule has 0 spiro atoms. The van der Waals surface area contributed by atoms with E-state index in [4.69, 9.17) is 9.47 Å². The van der Waals surface area contributed by atoms with Gasteiger partial charge in [0.25, 0.3) is 0 Å². The van der Waals surface area contributed by atoms with Gasteiger partial charge in [-0.05, 0) is 27.2 Å². The zero-order valence-corrected chi connectivity index (χ0v) is 12.5. The van der Waals surface area contributed by atoms with Gasteiger partial charge in [-0.15, -0.1) is 6.58 Å². The number of aliphatic hydroxyl groups excluding tert-OH is 1. The van der Waals surface area contributed by atoms with Gasteiger partial charge in [0, 0.05) is 5.92 Å². The topological polar surface area (TPSA) is 76.1 Å². The second-order valence-corrected chi connectivity index (χ2v) is 5.86. The quantitative estimate of drug-likeness (QED) is 0.625. The van der Waals surface area contributed by atoms with Gasteiger partial charge < -0.3 is 14.6 Å². The lowest BCUT2D eigenvalue weighted by Crippen LogP contribution is -2.46. The highest BCUT2D eigenvalue weighted by molar-refractivity contribution is 5.82. The molecule has 0 saturated carbocycles. The van der Waals surface area contributed by atoms with Crippen LogP contribution in [0.3, 0.4) is 0 Å². The summed E-state index contributed by atoms with van der Waals surface area (Å²) in [7, 11) is 1.26. The lowest BCUT2D eigenvalue weighted by atomic mass is 9.94. The molecule has 0 aliphatic carbocycles. The number of carbonyl (C=O) groups is 2. The number of likely N-dealkylation sites (tertiary alicyclic amines) is 1. The van der Waals surface area contributed by atoms with E-state index in [1.165, 1.54) is 12.0 Å². The first-order valence-electron chi connectivity index (χ1n) is 6.57. The zero-order valence-electron chi connectivity index (χ0n) is 12.5. The molecular formula is C14H23NO5. The maximum atomic E-state index is 12.1. The summed E-state index contributed by atoms with van der Waals surface area (Å²) in [6.45, 7) is 8.88. The average Bonchev–Trinajstić information content (AvgIpc) is 2.65. The second kappa shape index (κ2) is 6.26. The standard InChI is InChI=1S/C14H23NO5/c1-6-7-9-10(16)8-15(11(9)12(17)19-5)13(18)20-14(2,3)4/h6,9-11,16H,1,7-8H2,2-5H3/t9?,10?,11-/m1/s1. The molecule has 114 valence electrons. The molecule has 0 bridgehead atoms. The van der Waals surface area contributed by atoms with Gasteiger partial charge in [-0.25, -0.2) is 9.59 Å². The molecule has 6 nitrogen and oxygen atoms in total. The van der Waals surface area contributed by atoms with Gasteiger partial charge in [0.2, 0.25) is 0 Å². The van der Waals surface area contributed by atoms with Crippen molar-refractivity contribution in [1.82, 2.24) is 4.90 Å². The summed E-state index contributed by atoms with van der Waals surface area (Å²) in [6, 6.07) is -0.845. The minimum atomic E-state index is -0.845. The van der Waals surface area contributed by atoms with Gasteiger partial charge in [-0.1, -0.05) is 6.08 Å². The molecule has 1 amide bonds. The number of carbonyl (C=O) groups excluding carboxylic acids is 2. The molecule has 3 atom stereocenters. The molecule has 0 aromatic rings. The van der Waals surface area contributed by atoms with Crippen LogP contribution in [0, 0.1) is 5.92 Å². The van der Waals surface area contributed by atoms with Crippen molar-refractivity contribution in [1.29, 1.82) is 0 Å². The maximum Gasteiger partial charge on any atom is 0.411 e. The molecule has 20 heavy (non-hydrogen) atoms. The van der Waals surface area contributed by atoms with E-state index < -0.39 is 35.7 Å². The van der Waals surface area contributed by atoms with Crippen molar-refractivity contribution >= 4 is 12.1 Å².